The van der Waals surface area contributed by atoms with Gasteiger partial charge in [-0.15, -0.1) is 0 Å². The summed E-state index contributed by atoms with van der Waals surface area (Å²) < 4.78 is 14.9. The van der Waals surface area contributed by atoms with Crippen molar-refractivity contribution in [2.45, 2.75) is 33.1 Å². The van der Waals surface area contributed by atoms with E-state index < -0.39 is 5.82 Å². The van der Waals surface area contributed by atoms with E-state index in [4.69, 9.17) is 0 Å². The zero-order valence-corrected chi connectivity index (χ0v) is 26.6. The number of piperidine rings is 1. The summed E-state index contributed by atoms with van der Waals surface area (Å²) in [7, 11) is 0. The predicted octanol–water partition coefficient (Wildman–Crippen LogP) is 2.58. The van der Waals surface area contributed by atoms with Crippen LogP contribution >= 0.6 is 0 Å². The Hall–Kier alpha value is -3.67. The molecule has 45 heavy (non-hydrogen) atoms. The maximum atomic E-state index is 14.9. The van der Waals surface area contributed by atoms with Gasteiger partial charge in [-0.2, -0.15) is 5.10 Å². The van der Waals surface area contributed by atoms with Crippen molar-refractivity contribution in [3.63, 3.8) is 0 Å². The van der Waals surface area contributed by atoms with Crippen LogP contribution in [0, 0.1) is 11.7 Å². The molecule has 2 N–H and O–H groups in total. The summed E-state index contributed by atoms with van der Waals surface area (Å²) in [5.74, 6) is -0.157. The number of rotatable bonds is 7. The maximum Gasteiger partial charge on any atom is 0.272 e. The number of nitrogens with one attached hydrogen (secondary N) is 2. The lowest BCUT2D eigenvalue weighted by molar-refractivity contribution is -0.134. The second kappa shape index (κ2) is 15.6. The van der Waals surface area contributed by atoms with Crippen LogP contribution in [0.1, 0.15) is 48.3 Å². The number of piperazine rings is 2. The van der Waals surface area contributed by atoms with Crippen LogP contribution in [0.15, 0.2) is 47.3 Å². The third-order valence-electron chi connectivity index (χ3n) is 9.12. The van der Waals surface area contributed by atoms with Crippen molar-refractivity contribution in [2.75, 3.05) is 78.5 Å². The second-order valence-electron chi connectivity index (χ2n) is 12.0. The minimum Gasteiger partial charge on any atom is -0.338 e. The van der Waals surface area contributed by atoms with Crippen molar-refractivity contribution in [1.29, 1.82) is 0 Å². The highest BCUT2D eigenvalue weighted by Gasteiger charge is 2.29. The van der Waals surface area contributed by atoms with Crippen LogP contribution in [0.5, 0.6) is 0 Å². The van der Waals surface area contributed by atoms with Crippen molar-refractivity contribution in [1.82, 2.24) is 35.1 Å². The summed E-state index contributed by atoms with van der Waals surface area (Å²) in [6.45, 7) is 13.5. The molecule has 6 rings (SSSR count). The Balaban J connectivity index is 0.00000196. The van der Waals surface area contributed by atoms with Crippen molar-refractivity contribution in [2.24, 2.45) is 5.92 Å². The van der Waals surface area contributed by atoms with E-state index in [9.17, 15) is 18.8 Å². The number of aromatic amines is 1. The normalized spacial score (nSPS) is 18.5. The maximum absolute atomic E-state index is 14.9. The predicted molar refractivity (Wildman–Crippen MR) is 174 cm³/mol. The molecule has 0 saturated carbocycles. The molecule has 1 aromatic heterocycles. The number of H-pyrrole nitrogens is 1. The van der Waals surface area contributed by atoms with E-state index in [0.29, 0.717) is 56.1 Å². The van der Waals surface area contributed by atoms with Gasteiger partial charge in [-0.05, 0) is 55.6 Å². The molecule has 2 amide bonds. The van der Waals surface area contributed by atoms with Crippen LogP contribution < -0.4 is 10.9 Å². The lowest BCUT2D eigenvalue weighted by Gasteiger charge is -2.38. The molecule has 3 aliphatic rings. The molecular formula is C34H46FN7O3. The van der Waals surface area contributed by atoms with Crippen LogP contribution in [0.4, 0.5) is 4.39 Å². The number of hydrogen-bond donors (Lipinski definition) is 2. The highest BCUT2D eigenvalue weighted by atomic mass is 19.1. The molecule has 3 aliphatic heterocycles. The Morgan fingerprint density at radius 1 is 0.867 bits per heavy atom. The Kier molecular flexibility index (Phi) is 11.3. The smallest absolute Gasteiger partial charge is 0.272 e. The molecule has 3 aromatic rings. The molecular weight excluding hydrogens is 573 g/mol. The largest absolute Gasteiger partial charge is 0.338 e. The Morgan fingerprint density at radius 3 is 2.24 bits per heavy atom. The van der Waals surface area contributed by atoms with Gasteiger partial charge in [0, 0.05) is 70.7 Å². The number of aromatic nitrogens is 2. The molecule has 10 nitrogen and oxygen atoms in total. The average molecular weight is 620 g/mol. The molecule has 0 spiro atoms. The van der Waals surface area contributed by atoms with Gasteiger partial charge in [-0.3, -0.25) is 19.3 Å². The van der Waals surface area contributed by atoms with E-state index >= 15 is 0 Å². The van der Waals surface area contributed by atoms with E-state index in [2.05, 4.69) is 25.3 Å². The van der Waals surface area contributed by atoms with Gasteiger partial charge < -0.3 is 20.0 Å². The van der Waals surface area contributed by atoms with E-state index in [-0.39, 0.29) is 22.9 Å². The third kappa shape index (κ3) is 8.14. The van der Waals surface area contributed by atoms with E-state index in [0.717, 1.165) is 69.6 Å². The molecule has 0 bridgehead atoms. The van der Waals surface area contributed by atoms with Crippen LogP contribution in [0.2, 0.25) is 0 Å². The van der Waals surface area contributed by atoms with Crippen LogP contribution in [-0.2, 0) is 11.2 Å². The third-order valence-corrected chi connectivity index (χ3v) is 9.12. The fraction of sp³-hybridized carbons (Fsp3) is 0.529. The molecule has 0 radical (unpaired) electrons. The quantitative estimate of drug-likeness (QED) is 0.419. The van der Waals surface area contributed by atoms with Crippen molar-refractivity contribution >= 4 is 22.6 Å². The first-order valence-corrected chi connectivity index (χ1v) is 16.4. The lowest BCUT2D eigenvalue weighted by atomic mass is 9.96. The lowest BCUT2D eigenvalue weighted by Crippen LogP contribution is -2.53. The van der Waals surface area contributed by atoms with Gasteiger partial charge >= 0.3 is 0 Å². The molecule has 3 saturated heterocycles. The van der Waals surface area contributed by atoms with Crippen LogP contribution in [-0.4, -0.2) is 120 Å². The van der Waals surface area contributed by atoms with E-state index in [1.54, 1.807) is 29.2 Å². The number of carbonyl (C=O) groups is 2. The van der Waals surface area contributed by atoms with Gasteiger partial charge in [-0.1, -0.05) is 38.1 Å². The number of fused-ring (bicyclic) bond motifs is 1. The SMILES string of the molecule is CC.O=C(CN1CCC(CN2CCNCC2)CC1)N1CCN(C(=O)c2cc(Cc3n[nH]c(=O)c4ccccc34)ccc2F)CC1. The van der Waals surface area contributed by atoms with Gasteiger partial charge in [0.15, 0.2) is 0 Å². The fourth-order valence-corrected chi connectivity index (χ4v) is 6.55. The molecule has 3 fully saturated rings. The average Bonchev–Trinajstić information content (AvgIpc) is 3.09. The second-order valence-corrected chi connectivity index (χ2v) is 12.0. The van der Waals surface area contributed by atoms with Crippen molar-refractivity contribution in [3.8, 4) is 0 Å². The van der Waals surface area contributed by atoms with E-state index in [1.165, 1.54) is 6.07 Å². The van der Waals surface area contributed by atoms with Gasteiger partial charge in [0.05, 0.1) is 23.2 Å². The van der Waals surface area contributed by atoms with Crippen molar-refractivity contribution < 1.29 is 14.0 Å². The fourth-order valence-electron chi connectivity index (χ4n) is 6.55. The minimum absolute atomic E-state index is 0.00898. The van der Waals surface area contributed by atoms with Gasteiger partial charge in [-0.25, -0.2) is 9.49 Å². The Labute approximate surface area is 264 Å². The highest BCUT2D eigenvalue weighted by Crippen LogP contribution is 2.21. The number of nitrogens with zero attached hydrogens (tertiary/aromatic N) is 5. The van der Waals surface area contributed by atoms with Gasteiger partial charge in [0.2, 0.25) is 5.91 Å². The summed E-state index contributed by atoms with van der Waals surface area (Å²) >= 11 is 0. The zero-order chi connectivity index (χ0) is 31.8. The van der Waals surface area contributed by atoms with Gasteiger partial charge in [0.25, 0.3) is 11.5 Å². The highest BCUT2D eigenvalue weighted by molar-refractivity contribution is 5.95. The Bertz CT molecular complexity index is 1510. The summed E-state index contributed by atoms with van der Waals surface area (Å²) in [6, 6.07) is 11.7. The first kappa shape index (κ1) is 32.7. The summed E-state index contributed by atoms with van der Waals surface area (Å²) in [5, 5.41) is 11.4. The number of benzene rings is 2. The van der Waals surface area contributed by atoms with E-state index in [1.807, 2.05) is 30.9 Å². The van der Waals surface area contributed by atoms with Crippen LogP contribution in [0.25, 0.3) is 10.8 Å². The molecule has 0 unspecified atom stereocenters. The molecule has 0 aliphatic carbocycles. The number of hydrogen-bond acceptors (Lipinski definition) is 7. The molecule has 11 heteroatoms. The monoisotopic (exact) mass is 619 g/mol. The molecule has 2 aromatic carbocycles. The first-order chi connectivity index (χ1) is 21.9. The number of amides is 2. The molecule has 4 heterocycles. The number of halogens is 1. The topological polar surface area (TPSA) is 105 Å². The standard InChI is InChI=1S/C32H40FN7O3.C2H6/c33-28-6-5-24(20-29-25-3-1-2-4-26(25)31(42)36-35-29)19-27(28)32(43)40-17-15-39(16-18-40)30(41)22-37-11-7-23(8-12-37)21-38-13-9-34-10-14-38;1-2/h1-6,19,23,34H,7-18,20-22H2,(H,36,42);1-2H3. The molecule has 0 atom stereocenters. The molecule has 242 valence electrons. The minimum atomic E-state index is -0.577. The first-order valence-electron chi connectivity index (χ1n) is 16.4. The van der Waals surface area contributed by atoms with Crippen LogP contribution in [0.3, 0.4) is 0 Å². The van der Waals surface area contributed by atoms with Crippen molar-refractivity contribution in [3.05, 3.63) is 75.5 Å². The summed E-state index contributed by atoms with van der Waals surface area (Å²) in [5.41, 5.74) is 1.11. The van der Waals surface area contributed by atoms with Gasteiger partial charge in [0.1, 0.15) is 5.82 Å². The number of likely N-dealkylation sites (tertiary alicyclic amines) is 1. The summed E-state index contributed by atoms with van der Waals surface area (Å²) in [6.07, 6.45) is 2.59. The zero-order valence-electron chi connectivity index (χ0n) is 26.6. The summed E-state index contributed by atoms with van der Waals surface area (Å²) in [4.78, 5) is 46.8. The Morgan fingerprint density at radius 2 is 1.53 bits per heavy atom. The number of carbonyl (C=O) groups excluding carboxylic acids is 2.